The molecule has 0 bridgehead atoms. The molecule has 0 fully saturated rings. The van der Waals surface area contributed by atoms with Crippen molar-refractivity contribution < 1.29 is 9.18 Å². The van der Waals surface area contributed by atoms with Gasteiger partial charge in [0.25, 0.3) is 5.91 Å². The van der Waals surface area contributed by atoms with Crippen molar-refractivity contribution in [2.75, 3.05) is 7.05 Å². The summed E-state index contributed by atoms with van der Waals surface area (Å²) in [6, 6.07) is 9.94. The van der Waals surface area contributed by atoms with Crippen LogP contribution in [0, 0.1) is 12.7 Å². The molecule has 0 unspecified atom stereocenters. The molecule has 0 N–H and O–H groups in total. The van der Waals surface area contributed by atoms with E-state index < -0.39 is 0 Å². The van der Waals surface area contributed by atoms with Crippen LogP contribution in [0.4, 0.5) is 4.39 Å². The molecule has 0 spiro atoms. The van der Waals surface area contributed by atoms with Crippen molar-refractivity contribution >= 4 is 5.91 Å². The molecule has 1 aromatic heterocycles. The van der Waals surface area contributed by atoms with Crippen molar-refractivity contribution in [3.63, 3.8) is 0 Å². The normalized spacial score (nSPS) is 10.3. The monoisotopic (exact) mass is 258 g/mol. The Kier molecular flexibility index (Phi) is 3.90. The van der Waals surface area contributed by atoms with Crippen molar-refractivity contribution in [3.8, 4) is 0 Å². The van der Waals surface area contributed by atoms with E-state index in [0.29, 0.717) is 17.7 Å². The molecule has 19 heavy (non-hydrogen) atoms. The highest BCUT2D eigenvalue weighted by Gasteiger charge is 2.13. The summed E-state index contributed by atoms with van der Waals surface area (Å²) in [5.41, 5.74) is 1.77. The summed E-state index contributed by atoms with van der Waals surface area (Å²) in [5.74, 6) is -0.447. The smallest absolute Gasteiger partial charge is 0.253 e. The lowest BCUT2D eigenvalue weighted by molar-refractivity contribution is 0.0783. The molecule has 98 valence electrons. The summed E-state index contributed by atoms with van der Waals surface area (Å²) < 4.78 is 13.2. The van der Waals surface area contributed by atoms with Crippen molar-refractivity contribution in [2.24, 2.45) is 0 Å². The van der Waals surface area contributed by atoms with Gasteiger partial charge in [0.05, 0.1) is 12.2 Å². The van der Waals surface area contributed by atoms with Crippen LogP contribution in [0.3, 0.4) is 0 Å². The first-order valence-electron chi connectivity index (χ1n) is 5.99. The van der Waals surface area contributed by atoms with E-state index in [1.165, 1.54) is 12.1 Å². The molecule has 0 radical (unpaired) electrons. The van der Waals surface area contributed by atoms with E-state index in [9.17, 15) is 9.18 Å². The van der Waals surface area contributed by atoms with Crippen LogP contribution >= 0.6 is 0 Å². The molecular formula is C15H15FN2O. The molecule has 0 aliphatic rings. The zero-order valence-corrected chi connectivity index (χ0v) is 10.9. The lowest BCUT2D eigenvalue weighted by Gasteiger charge is -2.17. The number of carbonyl (C=O) groups excluding carboxylic acids is 1. The fourth-order valence-electron chi connectivity index (χ4n) is 1.80. The Morgan fingerprint density at radius 3 is 2.74 bits per heavy atom. The van der Waals surface area contributed by atoms with E-state index in [1.54, 1.807) is 31.1 Å². The minimum atomic E-state index is -0.302. The zero-order chi connectivity index (χ0) is 13.8. The summed E-state index contributed by atoms with van der Waals surface area (Å²) in [6.07, 6.45) is 1.69. The van der Waals surface area contributed by atoms with Crippen molar-refractivity contribution in [1.82, 2.24) is 9.88 Å². The zero-order valence-electron chi connectivity index (χ0n) is 10.9. The number of halogens is 1. The van der Waals surface area contributed by atoms with Crippen molar-refractivity contribution in [1.29, 1.82) is 0 Å². The summed E-state index contributed by atoms with van der Waals surface area (Å²) in [5, 5.41) is 0. The predicted molar refractivity (Wildman–Crippen MR) is 71.2 cm³/mol. The molecule has 1 amide bonds. The number of benzene rings is 1. The highest BCUT2D eigenvalue weighted by molar-refractivity contribution is 5.94. The van der Waals surface area contributed by atoms with Crippen LogP contribution in [0.5, 0.6) is 0 Å². The number of rotatable bonds is 3. The summed E-state index contributed by atoms with van der Waals surface area (Å²) in [4.78, 5) is 17.9. The van der Waals surface area contributed by atoms with Crippen LogP contribution in [0.25, 0.3) is 0 Å². The van der Waals surface area contributed by atoms with Gasteiger partial charge < -0.3 is 4.90 Å². The number of nitrogens with zero attached hydrogens (tertiary/aromatic N) is 2. The Balaban J connectivity index is 2.12. The first-order valence-corrected chi connectivity index (χ1v) is 5.99. The van der Waals surface area contributed by atoms with E-state index in [0.717, 1.165) is 5.69 Å². The van der Waals surface area contributed by atoms with Gasteiger partial charge in [-0.25, -0.2) is 4.39 Å². The molecule has 0 saturated heterocycles. The highest BCUT2D eigenvalue weighted by Crippen LogP contribution is 2.12. The van der Waals surface area contributed by atoms with Gasteiger partial charge in [-0.05, 0) is 42.8 Å². The van der Waals surface area contributed by atoms with E-state index in [4.69, 9.17) is 0 Å². The molecule has 0 atom stereocenters. The average molecular weight is 258 g/mol. The van der Waals surface area contributed by atoms with Crippen molar-refractivity contribution in [2.45, 2.75) is 13.5 Å². The van der Waals surface area contributed by atoms with E-state index in [2.05, 4.69) is 4.98 Å². The van der Waals surface area contributed by atoms with Gasteiger partial charge >= 0.3 is 0 Å². The third-order valence-electron chi connectivity index (χ3n) is 2.88. The van der Waals surface area contributed by atoms with Crippen LogP contribution in [0.2, 0.25) is 0 Å². The minimum Gasteiger partial charge on any atom is -0.336 e. The van der Waals surface area contributed by atoms with Gasteiger partial charge in [0, 0.05) is 18.8 Å². The molecule has 2 aromatic rings. The first kappa shape index (κ1) is 13.2. The van der Waals surface area contributed by atoms with Gasteiger partial charge in [0.2, 0.25) is 0 Å². The number of hydrogen-bond donors (Lipinski definition) is 0. The maximum atomic E-state index is 13.2. The van der Waals surface area contributed by atoms with E-state index in [-0.39, 0.29) is 11.7 Å². The van der Waals surface area contributed by atoms with Crippen LogP contribution in [0.15, 0.2) is 42.6 Å². The predicted octanol–water partition coefficient (Wildman–Crippen LogP) is 2.80. The van der Waals surface area contributed by atoms with Crippen LogP contribution in [-0.2, 0) is 6.54 Å². The van der Waals surface area contributed by atoms with Gasteiger partial charge in [0.15, 0.2) is 0 Å². The number of aryl methyl sites for hydroxylation is 1. The number of amides is 1. The van der Waals surface area contributed by atoms with Crippen LogP contribution in [-0.4, -0.2) is 22.8 Å². The average Bonchev–Trinajstić information content (AvgIpc) is 2.42. The molecule has 4 heteroatoms. The summed E-state index contributed by atoms with van der Waals surface area (Å²) in [7, 11) is 1.70. The molecule has 0 saturated carbocycles. The van der Waals surface area contributed by atoms with Gasteiger partial charge in [-0.1, -0.05) is 6.07 Å². The topological polar surface area (TPSA) is 33.2 Å². The standard InChI is InChI=1S/C15H15FN2O/c1-11-9-12(6-7-14(11)16)15(19)18(2)10-13-5-3-4-8-17-13/h3-9H,10H2,1-2H3. The molecule has 1 heterocycles. The Bertz CT molecular complexity index is 584. The number of pyridine rings is 1. The Morgan fingerprint density at radius 1 is 1.32 bits per heavy atom. The first-order chi connectivity index (χ1) is 9.08. The van der Waals surface area contributed by atoms with E-state index >= 15 is 0 Å². The minimum absolute atomic E-state index is 0.145. The second kappa shape index (κ2) is 5.61. The van der Waals surface area contributed by atoms with Crippen LogP contribution in [0.1, 0.15) is 21.6 Å². The molecule has 1 aromatic carbocycles. The quantitative estimate of drug-likeness (QED) is 0.848. The van der Waals surface area contributed by atoms with E-state index in [1.807, 2.05) is 18.2 Å². The molecule has 2 rings (SSSR count). The third-order valence-corrected chi connectivity index (χ3v) is 2.88. The van der Waals surface area contributed by atoms with Gasteiger partial charge in [-0.3, -0.25) is 9.78 Å². The summed E-state index contributed by atoms with van der Waals surface area (Å²) in [6.45, 7) is 2.07. The maximum absolute atomic E-state index is 13.2. The molecule has 0 aliphatic carbocycles. The highest BCUT2D eigenvalue weighted by atomic mass is 19.1. The fraction of sp³-hybridized carbons (Fsp3) is 0.200. The third kappa shape index (κ3) is 3.16. The largest absolute Gasteiger partial charge is 0.336 e. The number of aromatic nitrogens is 1. The fourth-order valence-corrected chi connectivity index (χ4v) is 1.80. The Hall–Kier alpha value is -2.23. The Morgan fingerprint density at radius 2 is 2.11 bits per heavy atom. The van der Waals surface area contributed by atoms with Crippen LogP contribution < -0.4 is 0 Å². The number of carbonyl (C=O) groups is 1. The molecule has 0 aliphatic heterocycles. The number of hydrogen-bond acceptors (Lipinski definition) is 2. The summed E-state index contributed by atoms with van der Waals surface area (Å²) >= 11 is 0. The lowest BCUT2D eigenvalue weighted by atomic mass is 10.1. The van der Waals surface area contributed by atoms with Gasteiger partial charge in [0.1, 0.15) is 5.82 Å². The SMILES string of the molecule is Cc1cc(C(=O)N(C)Cc2ccccn2)ccc1F. The lowest BCUT2D eigenvalue weighted by Crippen LogP contribution is -2.26. The molecular weight excluding hydrogens is 243 g/mol. The second-order valence-electron chi connectivity index (χ2n) is 4.45. The Labute approximate surface area is 111 Å². The van der Waals surface area contributed by atoms with Crippen molar-refractivity contribution in [3.05, 3.63) is 65.2 Å². The molecule has 3 nitrogen and oxygen atoms in total. The van der Waals surface area contributed by atoms with Gasteiger partial charge in [-0.2, -0.15) is 0 Å². The maximum Gasteiger partial charge on any atom is 0.253 e. The van der Waals surface area contributed by atoms with Gasteiger partial charge in [-0.15, -0.1) is 0 Å². The second-order valence-corrected chi connectivity index (χ2v) is 4.45.